The fraction of sp³-hybridized carbons (Fsp3) is 0.800. The van der Waals surface area contributed by atoms with Gasteiger partial charge in [0.05, 0.1) is 0 Å². The van der Waals surface area contributed by atoms with Gasteiger partial charge in [0.15, 0.2) is 0 Å². The van der Waals surface area contributed by atoms with Crippen LogP contribution in [0.15, 0.2) is 11.1 Å². The van der Waals surface area contributed by atoms with Crippen LogP contribution in [0.4, 0.5) is 0 Å². The van der Waals surface area contributed by atoms with E-state index in [-0.39, 0.29) is 0 Å². The molecule has 0 aromatic heterocycles. The van der Waals surface area contributed by atoms with Gasteiger partial charge in [-0.05, 0) is 45.1 Å². The predicted octanol–water partition coefficient (Wildman–Crippen LogP) is 3.88. The zero-order chi connectivity index (χ0) is 8.69. The molecule has 0 radical (unpaired) electrons. The fourth-order valence-electron chi connectivity index (χ4n) is 0.834. The predicted molar refractivity (Wildman–Crippen MR) is 56.3 cm³/mol. The highest BCUT2D eigenvalue weighted by Gasteiger charge is 1.92. The van der Waals surface area contributed by atoms with Gasteiger partial charge < -0.3 is 0 Å². The van der Waals surface area contributed by atoms with Crippen LogP contribution in [-0.2, 0) is 0 Å². The second kappa shape index (κ2) is 6.78. The molecule has 0 saturated carbocycles. The summed E-state index contributed by atoms with van der Waals surface area (Å²) in [7, 11) is 0. The highest BCUT2D eigenvalue weighted by molar-refractivity contribution is 7.99. The summed E-state index contributed by atoms with van der Waals surface area (Å²) in [6.07, 6.45) is 2.63. The lowest BCUT2D eigenvalue weighted by molar-refractivity contribution is 0.899. The largest absolute Gasteiger partial charge is 0.162 e. The highest BCUT2D eigenvalue weighted by atomic mass is 32.2. The molecule has 0 aliphatic rings. The number of hydrogen-bond donors (Lipinski definition) is 0. The van der Waals surface area contributed by atoms with Crippen molar-refractivity contribution in [3.8, 4) is 0 Å². The summed E-state index contributed by atoms with van der Waals surface area (Å²) in [5.74, 6) is 2.58. The van der Waals surface area contributed by atoms with Crippen LogP contribution in [0.1, 0.15) is 40.5 Å². The van der Waals surface area contributed by atoms with Crippen molar-refractivity contribution in [2.24, 2.45) is 0 Å². The van der Waals surface area contributed by atoms with Crippen molar-refractivity contribution in [2.75, 3.05) is 11.5 Å². The molecule has 0 nitrogen and oxygen atoms in total. The lowest BCUT2D eigenvalue weighted by Gasteiger charge is -2.02. The summed E-state index contributed by atoms with van der Waals surface area (Å²) < 4.78 is 0. The van der Waals surface area contributed by atoms with Gasteiger partial charge in [-0.1, -0.05) is 18.1 Å². The Morgan fingerprint density at radius 1 is 1.18 bits per heavy atom. The van der Waals surface area contributed by atoms with Gasteiger partial charge in [-0.25, -0.2) is 0 Å². The summed E-state index contributed by atoms with van der Waals surface area (Å²) in [5, 5.41) is 0. The number of allylic oxidation sites excluding steroid dienone is 2. The maximum absolute atomic E-state index is 2.24. The molecule has 0 fully saturated rings. The van der Waals surface area contributed by atoms with Crippen molar-refractivity contribution in [1.29, 1.82) is 0 Å². The molecule has 11 heavy (non-hydrogen) atoms. The van der Waals surface area contributed by atoms with Crippen molar-refractivity contribution in [3.63, 3.8) is 0 Å². The second-order valence-corrected chi connectivity index (χ2v) is 4.47. The Morgan fingerprint density at radius 2 is 1.82 bits per heavy atom. The van der Waals surface area contributed by atoms with Crippen LogP contribution < -0.4 is 0 Å². The summed E-state index contributed by atoms with van der Waals surface area (Å²) >= 11 is 2.04. The molecule has 0 unspecified atom stereocenters. The molecule has 0 N–H and O–H groups in total. The monoisotopic (exact) mass is 172 g/mol. The molecule has 0 bridgehead atoms. The van der Waals surface area contributed by atoms with Crippen molar-refractivity contribution in [1.82, 2.24) is 0 Å². The molecule has 0 heterocycles. The van der Waals surface area contributed by atoms with Gasteiger partial charge in [-0.15, -0.1) is 0 Å². The fourth-order valence-corrected chi connectivity index (χ4v) is 1.47. The Labute approximate surface area is 75.5 Å². The molecule has 0 rings (SSSR count). The first-order chi connectivity index (χ1) is 5.18. The van der Waals surface area contributed by atoms with Crippen LogP contribution >= 0.6 is 11.8 Å². The average Bonchev–Trinajstić information content (AvgIpc) is 1.97. The van der Waals surface area contributed by atoms with Gasteiger partial charge in [0.1, 0.15) is 0 Å². The lowest BCUT2D eigenvalue weighted by atomic mass is 10.1. The SMILES string of the molecule is CCSCCCC(C)=C(C)C. The minimum atomic E-state index is 1.26. The molecule has 0 spiro atoms. The van der Waals surface area contributed by atoms with Crippen molar-refractivity contribution >= 4 is 11.8 Å². The lowest BCUT2D eigenvalue weighted by Crippen LogP contribution is -1.84. The van der Waals surface area contributed by atoms with Crippen LogP contribution in [0.2, 0.25) is 0 Å². The van der Waals surface area contributed by atoms with Gasteiger partial charge >= 0.3 is 0 Å². The number of hydrogen-bond acceptors (Lipinski definition) is 1. The molecular formula is C10H20S. The van der Waals surface area contributed by atoms with Crippen LogP contribution in [0.3, 0.4) is 0 Å². The van der Waals surface area contributed by atoms with Crippen LogP contribution in [-0.4, -0.2) is 11.5 Å². The summed E-state index contributed by atoms with van der Waals surface area (Å²) in [6, 6.07) is 0. The Kier molecular flexibility index (Phi) is 6.83. The van der Waals surface area contributed by atoms with Gasteiger partial charge in [0.25, 0.3) is 0 Å². The summed E-state index contributed by atoms with van der Waals surface area (Å²) in [6.45, 7) is 8.86. The van der Waals surface area contributed by atoms with E-state index in [9.17, 15) is 0 Å². The highest BCUT2D eigenvalue weighted by Crippen LogP contribution is 2.12. The number of rotatable bonds is 5. The van der Waals surface area contributed by atoms with E-state index < -0.39 is 0 Å². The van der Waals surface area contributed by atoms with Gasteiger partial charge in [-0.2, -0.15) is 11.8 Å². The van der Waals surface area contributed by atoms with E-state index in [0.29, 0.717) is 0 Å². The van der Waals surface area contributed by atoms with E-state index in [1.165, 1.54) is 29.9 Å². The maximum atomic E-state index is 2.24. The third kappa shape index (κ3) is 6.49. The van der Waals surface area contributed by atoms with E-state index in [1.807, 2.05) is 11.8 Å². The van der Waals surface area contributed by atoms with Crippen LogP contribution in [0.5, 0.6) is 0 Å². The van der Waals surface area contributed by atoms with Gasteiger partial charge in [0, 0.05) is 0 Å². The molecule has 0 amide bonds. The molecule has 0 aromatic rings. The van der Waals surface area contributed by atoms with E-state index >= 15 is 0 Å². The molecule has 0 atom stereocenters. The van der Waals surface area contributed by atoms with Crippen LogP contribution in [0, 0.1) is 0 Å². The molecule has 0 aromatic carbocycles. The van der Waals surface area contributed by atoms with E-state index in [2.05, 4.69) is 27.7 Å². The van der Waals surface area contributed by atoms with Crippen LogP contribution in [0.25, 0.3) is 0 Å². The first-order valence-corrected chi connectivity index (χ1v) is 5.54. The van der Waals surface area contributed by atoms with Gasteiger partial charge in [0.2, 0.25) is 0 Å². The molecule has 0 aliphatic heterocycles. The Balaban J connectivity index is 3.32. The molecule has 1 heteroatoms. The second-order valence-electron chi connectivity index (χ2n) is 3.08. The normalized spacial score (nSPS) is 9.82. The Hall–Kier alpha value is 0.0900. The van der Waals surface area contributed by atoms with E-state index in [1.54, 1.807) is 5.57 Å². The smallest absolute Gasteiger partial charge is 0.00646 e. The molecule has 0 aliphatic carbocycles. The molecule has 66 valence electrons. The first kappa shape index (κ1) is 11.1. The maximum Gasteiger partial charge on any atom is -0.00646 e. The van der Waals surface area contributed by atoms with E-state index in [4.69, 9.17) is 0 Å². The van der Waals surface area contributed by atoms with Gasteiger partial charge in [-0.3, -0.25) is 0 Å². The van der Waals surface area contributed by atoms with Crippen molar-refractivity contribution < 1.29 is 0 Å². The summed E-state index contributed by atoms with van der Waals surface area (Å²) in [5.41, 5.74) is 3.06. The third-order valence-corrected chi connectivity index (χ3v) is 2.88. The standard InChI is InChI=1S/C10H20S/c1-5-11-8-6-7-10(4)9(2)3/h5-8H2,1-4H3. The van der Waals surface area contributed by atoms with Crippen molar-refractivity contribution in [3.05, 3.63) is 11.1 Å². The Morgan fingerprint density at radius 3 is 2.27 bits per heavy atom. The molecule has 0 saturated heterocycles. The quantitative estimate of drug-likeness (QED) is 0.448. The topological polar surface area (TPSA) is 0 Å². The first-order valence-electron chi connectivity index (χ1n) is 4.39. The molecular weight excluding hydrogens is 152 g/mol. The Bertz CT molecular complexity index is 121. The minimum Gasteiger partial charge on any atom is -0.162 e. The van der Waals surface area contributed by atoms with Crippen molar-refractivity contribution in [2.45, 2.75) is 40.5 Å². The summed E-state index contributed by atoms with van der Waals surface area (Å²) in [4.78, 5) is 0. The zero-order valence-corrected chi connectivity index (χ0v) is 9.05. The van der Waals surface area contributed by atoms with E-state index in [0.717, 1.165) is 0 Å². The number of thioether (sulfide) groups is 1. The third-order valence-electron chi connectivity index (χ3n) is 1.90. The minimum absolute atomic E-state index is 1.26. The zero-order valence-electron chi connectivity index (χ0n) is 8.24. The average molecular weight is 172 g/mol.